The Morgan fingerprint density at radius 3 is 2.83 bits per heavy atom. The molecule has 23 heavy (non-hydrogen) atoms. The zero-order valence-corrected chi connectivity index (χ0v) is 13.9. The summed E-state index contributed by atoms with van der Waals surface area (Å²) in [6, 6.07) is 4.10. The summed E-state index contributed by atoms with van der Waals surface area (Å²) in [6.07, 6.45) is 7.62. The molecule has 1 aliphatic carbocycles. The van der Waals surface area contributed by atoms with E-state index in [9.17, 15) is 4.79 Å². The summed E-state index contributed by atoms with van der Waals surface area (Å²) < 4.78 is 5.10. The third-order valence-corrected chi connectivity index (χ3v) is 4.78. The van der Waals surface area contributed by atoms with Crippen molar-refractivity contribution in [2.24, 2.45) is 0 Å². The van der Waals surface area contributed by atoms with E-state index in [-0.39, 0.29) is 5.91 Å². The van der Waals surface area contributed by atoms with Gasteiger partial charge >= 0.3 is 0 Å². The van der Waals surface area contributed by atoms with E-state index < -0.39 is 0 Å². The van der Waals surface area contributed by atoms with Crippen LogP contribution in [0.3, 0.4) is 0 Å². The van der Waals surface area contributed by atoms with Gasteiger partial charge in [0.05, 0.1) is 16.3 Å². The van der Waals surface area contributed by atoms with Crippen LogP contribution < -0.4 is 5.32 Å². The average molecular weight is 332 g/mol. The van der Waals surface area contributed by atoms with Gasteiger partial charge in [0, 0.05) is 12.2 Å². The summed E-state index contributed by atoms with van der Waals surface area (Å²) in [5.41, 5.74) is 0.779. The standard InChI is InChI=1S/C16H20N4O2S/c1-11-18-16(22-20-11)12-7-8-15(17-9-12)23-10-14(21)19-13-5-3-2-4-6-13/h7-9,13H,2-6,10H2,1H3,(H,19,21). The first kappa shape index (κ1) is 16.0. The Morgan fingerprint density at radius 1 is 1.35 bits per heavy atom. The predicted octanol–water partition coefficient (Wildman–Crippen LogP) is 2.98. The van der Waals surface area contributed by atoms with Crippen LogP contribution in [-0.2, 0) is 4.79 Å². The van der Waals surface area contributed by atoms with Crippen LogP contribution in [-0.4, -0.2) is 32.8 Å². The second-order valence-electron chi connectivity index (χ2n) is 5.72. The maximum atomic E-state index is 12.0. The molecule has 1 N–H and O–H groups in total. The zero-order valence-electron chi connectivity index (χ0n) is 13.1. The van der Waals surface area contributed by atoms with Gasteiger partial charge in [-0.1, -0.05) is 36.2 Å². The normalized spacial score (nSPS) is 15.5. The first-order valence-corrected chi connectivity index (χ1v) is 8.88. The van der Waals surface area contributed by atoms with Crippen LogP contribution >= 0.6 is 11.8 Å². The van der Waals surface area contributed by atoms with Crippen LogP contribution in [0.2, 0.25) is 0 Å². The highest BCUT2D eigenvalue weighted by atomic mass is 32.2. The molecule has 0 unspecified atom stereocenters. The number of carbonyl (C=O) groups excluding carboxylic acids is 1. The van der Waals surface area contributed by atoms with Crippen molar-refractivity contribution in [3.05, 3.63) is 24.2 Å². The SMILES string of the molecule is Cc1noc(-c2ccc(SCC(=O)NC3CCCCC3)nc2)n1. The second kappa shape index (κ2) is 7.59. The molecule has 0 radical (unpaired) electrons. The number of rotatable bonds is 5. The minimum Gasteiger partial charge on any atom is -0.353 e. The number of hydrogen-bond acceptors (Lipinski definition) is 6. The van der Waals surface area contributed by atoms with Crippen molar-refractivity contribution in [1.29, 1.82) is 0 Å². The highest BCUT2D eigenvalue weighted by molar-refractivity contribution is 7.99. The lowest BCUT2D eigenvalue weighted by Crippen LogP contribution is -2.37. The molecule has 2 aromatic heterocycles. The predicted molar refractivity (Wildman–Crippen MR) is 88.0 cm³/mol. The molecule has 0 atom stereocenters. The molecule has 0 aromatic carbocycles. The minimum absolute atomic E-state index is 0.0836. The number of thioether (sulfide) groups is 1. The molecule has 0 spiro atoms. The summed E-state index contributed by atoms with van der Waals surface area (Å²) >= 11 is 1.44. The number of pyridine rings is 1. The number of nitrogens with one attached hydrogen (secondary N) is 1. The van der Waals surface area contributed by atoms with Gasteiger partial charge in [0.15, 0.2) is 5.82 Å². The highest BCUT2D eigenvalue weighted by Gasteiger charge is 2.15. The molecule has 6 nitrogen and oxygen atoms in total. The minimum atomic E-state index is 0.0836. The van der Waals surface area contributed by atoms with Crippen molar-refractivity contribution in [3.8, 4) is 11.5 Å². The van der Waals surface area contributed by atoms with Crippen molar-refractivity contribution in [2.45, 2.75) is 50.1 Å². The number of nitrogens with zero attached hydrogens (tertiary/aromatic N) is 3. The van der Waals surface area contributed by atoms with E-state index >= 15 is 0 Å². The van der Waals surface area contributed by atoms with Crippen LogP contribution in [0.5, 0.6) is 0 Å². The van der Waals surface area contributed by atoms with Crippen LogP contribution in [0.1, 0.15) is 37.9 Å². The van der Waals surface area contributed by atoms with Crippen molar-refractivity contribution in [2.75, 3.05) is 5.75 Å². The van der Waals surface area contributed by atoms with E-state index in [4.69, 9.17) is 4.52 Å². The molecule has 3 rings (SSSR count). The molecule has 122 valence electrons. The first-order valence-electron chi connectivity index (χ1n) is 7.89. The van der Waals surface area contributed by atoms with Gasteiger partial charge in [0.2, 0.25) is 5.91 Å². The summed E-state index contributed by atoms with van der Waals surface area (Å²) in [6.45, 7) is 1.77. The van der Waals surface area contributed by atoms with Gasteiger partial charge in [-0.2, -0.15) is 4.98 Å². The monoisotopic (exact) mass is 332 g/mol. The summed E-state index contributed by atoms with van der Waals surface area (Å²) in [5.74, 6) is 1.53. The Hall–Kier alpha value is -1.89. The van der Waals surface area contributed by atoms with E-state index in [0.29, 0.717) is 23.5 Å². The summed E-state index contributed by atoms with van der Waals surface area (Å²) in [5, 5.41) is 7.68. The summed E-state index contributed by atoms with van der Waals surface area (Å²) in [7, 11) is 0. The van der Waals surface area contributed by atoms with Gasteiger partial charge < -0.3 is 9.84 Å². The van der Waals surface area contributed by atoms with Crippen LogP contribution in [0, 0.1) is 6.92 Å². The Kier molecular flexibility index (Phi) is 5.27. The van der Waals surface area contributed by atoms with E-state index in [1.54, 1.807) is 13.1 Å². The molecule has 2 aromatic rings. The molecule has 0 aliphatic heterocycles. The second-order valence-corrected chi connectivity index (χ2v) is 6.72. The van der Waals surface area contributed by atoms with E-state index in [2.05, 4.69) is 20.4 Å². The van der Waals surface area contributed by atoms with Crippen molar-refractivity contribution >= 4 is 17.7 Å². The fraction of sp³-hybridized carbons (Fsp3) is 0.500. The topological polar surface area (TPSA) is 80.9 Å². The van der Waals surface area contributed by atoms with Gasteiger partial charge in [-0.25, -0.2) is 4.98 Å². The Balaban J connectivity index is 1.49. The fourth-order valence-electron chi connectivity index (χ4n) is 2.66. The van der Waals surface area contributed by atoms with Gasteiger partial charge in [-0.3, -0.25) is 4.79 Å². The Morgan fingerprint density at radius 2 is 2.17 bits per heavy atom. The highest BCUT2D eigenvalue weighted by Crippen LogP contribution is 2.21. The van der Waals surface area contributed by atoms with Gasteiger partial charge in [-0.15, -0.1) is 0 Å². The number of aryl methyl sites for hydroxylation is 1. The van der Waals surface area contributed by atoms with E-state index in [1.165, 1.54) is 31.0 Å². The number of amides is 1. The van der Waals surface area contributed by atoms with Crippen molar-refractivity contribution in [1.82, 2.24) is 20.4 Å². The number of hydrogen-bond donors (Lipinski definition) is 1. The zero-order chi connectivity index (χ0) is 16.1. The average Bonchev–Trinajstić information content (AvgIpc) is 3.01. The molecule has 1 fully saturated rings. The molecule has 7 heteroatoms. The maximum Gasteiger partial charge on any atom is 0.259 e. The Bertz CT molecular complexity index is 650. The maximum absolute atomic E-state index is 12.0. The van der Waals surface area contributed by atoms with Crippen LogP contribution in [0.15, 0.2) is 27.9 Å². The van der Waals surface area contributed by atoms with Gasteiger partial charge in [-0.05, 0) is 31.9 Å². The fourth-order valence-corrected chi connectivity index (χ4v) is 3.32. The summed E-state index contributed by atoms with van der Waals surface area (Å²) in [4.78, 5) is 20.5. The molecule has 2 heterocycles. The molecule has 0 saturated heterocycles. The first-order chi connectivity index (χ1) is 11.2. The molecule has 1 saturated carbocycles. The lowest BCUT2D eigenvalue weighted by atomic mass is 9.95. The third kappa shape index (κ3) is 4.54. The third-order valence-electron chi connectivity index (χ3n) is 3.83. The Labute approximate surface area is 139 Å². The van der Waals surface area contributed by atoms with E-state index in [1.807, 2.05) is 12.1 Å². The van der Waals surface area contributed by atoms with Crippen molar-refractivity contribution in [3.63, 3.8) is 0 Å². The smallest absolute Gasteiger partial charge is 0.259 e. The molecular weight excluding hydrogens is 312 g/mol. The lowest BCUT2D eigenvalue weighted by molar-refractivity contribution is -0.119. The molecule has 0 bridgehead atoms. The van der Waals surface area contributed by atoms with Crippen molar-refractivity contribution < 1.29 is 9.32 Å². The molecular formula is C16H20N4O2S. The van der Waals surface area contributed by atoms with Crippen LogP contribution in [0.25, 0.3) is 11.5 Å². The van der Waals surface area contributed by atoms with Crippen LogP contribution in [0.4, 0.5) is 0 Å². The quantitative estimate of drug-likeness (QED) is 0.848. The number of aromatic nitrogens is 3. The lowest BCUT2D eigenvalue weighted by Gasteiger charge is -2.22. The van der Waals surface area contributed by atoms with Gasteiger partial charge in [0.1, 0.15) is 0 Å². The molecule has 1 aliphatic rings. The van der Waals surface area contributed by atoms with Gasteiger partial charge in [0.25, 0.3) is 5.89 Å². The number of carbonyl (C=O) groups is 1. The molecule has 1 amide bonds. The van der Waals surface area contributed by atoms with E-state index in [0.717, 1.165) is 23.4 Å². The largest absolute Gasteiger partial charge is 0.353 e.